The van der Waals surface area contributed by atoms with Gasteiger partial charge in [0.15, 0.2) is 11.4 Å². The fourth-order valence-electron chi connectivity index (χ4n) is 2.27. The van der Waals surface area contributed by atoms with Gasteiger partial charge in [0.25, 0.3) is 0 Å². The molecule has 0 atom stereocenters. The molecule has 0 aliphatic carbocycles. The molecule has 3 aromatic heterocycles. The molecule has 7 heteroatoms. The number of furan rings is 1. The fourth-order valence-corrected chi connectivity index (χ4v) is 2.27. The highest BCUT2D eigenvalue weighted by Crippen LogP contribution is 2.31. The van der Waals surface area contributed by atoms with Crippen LogP contribution >= 0.6 is 0 Å². The van der Waals surface area contributed by atoms with Crippen LogP contribution in [0.15, 0.2) is 34.9 Å². The van der Waals surface area contributed by atoms with Gasteiger partial charge in [-0.05, 0) is 24.3 Å². The smallest absolute Gasteiger partial charge is 0.225 e. The number of nitrogens with zero attached hydrogens (tertiary/aromatic N) is 3. The van der Waals surface area contributed by atoms with Crippen LogP contribution in [0.4, 0.5) is 10.3 Å². The summed E-state index contributed by atoms with van der Waals surface area (Å²) in [4.78, 5) is 8.68. The van der Waals surface area contributed by atoms with Gasteiger partial charge in [-0.15, -0.1) is 0 Å². The average molecular weight is 283 g/mol. The summed E-state index contributed by atoms with van der Waals surface area (Å²) in [5.74, 6) is 0.691. The first-order valence-corrected chi connectivity index (χ1v) is 6.33. The number of fused-ring (bicyclic) bond motifs is 2. The monoisotopic (exact) mass is 283 g/mol. The minimum absolute atomic E-state index is 0.304. The summed E-state index contributed by atoms with van der Waals surface area (Å²) in [5, 5.41) is 11.1. The van der Waals surface area contributed by atoms with E-state index in [1.165, 1.54) is 12.1 Å². The predicted octanol–water partition coefficient (Wildman–Crippen LogP) is 2.95. The molecular formula is C14H10FN5O. The molecule has 0 saturated carbocycles. The Balaban J connectivity index is 2.00. The molecule has 0 amide bonds. The fraction of sp³-hybridized carbons (Fsp3) is 0.0714. The number of aromatic nitrogens is 4. The Morgan fingerprint density at radius 2 is 2.14 bits per heavy atom. The first-order chi connectivity index (χ1) is 10.2. The zero-order chi connectivity index (χ0) is 14.4. The molecule has 6 nitrogen and oxygen atoms in total. The van der Waals surface area contributed by atoms with E-state index >= 15 is 0 Å². The summed E-state index contributed by atoms with van der Waals surface area (Å²) in [6.45, 7) is 0. The summed E-state index contributed by atoms with van der Waals surface area (Å²) in [6, 6.07) is 6.14. The van der Waals surface area contributed by atoms with Gasteiger partial charge in [0.2, 0.25) is 5.95 Å². The SMILES string of the molecule is CNc1nc(-c2cc3cc(F)ccc3o2)c2cn[nH]c2n1. The number of hydrogen-bond acceptors (Lipinski definition) is 5. The summed E-state index contributed by atoms with van der Waals surface area (Å²) >= 11 is 0. The minimum atomic E-state index is -0.304. The van der Waals surface area contributed by atoms with Crippen molar-refractivity contribution in [3.05, 3.63) is 36.3 Å². The Hall–Kier alpha value is -2.96. The van der Waals surface area contributed by atoms with E-state index in [2.05, 4.69) is 25.5 Å². The maximum atomic E-state index is 13.3. The molecule has 0 radical (unpaired) electrons. The Labute approximate surface area is 118 Å². The van der Waals surface area contributed by atoms with Crippen molar-refractivity contribution in [2.24, 2.45) is 0 Å². The maximum Gasteiger partial charge on any atom is 0.225 e. The minimum Gasteiger partial charge on any atom is -0.454 e. The number of hydrogen-bond donors (Lipinski definition) is 2. The summed E-state index contributed by atoms with van der Waals surface area (Å²) < 4.78 is 19.0. The van der Waals surface area contributed by atoms with E-state index in [-0.39, 0.29) is 5.82 Å². The third-order valence-corrected chi connectivity index (χ3v) is 3.25. The quantitative estimate of drug-likeness (QED) is 0.591. The lowest BCUT2D eigenvalue weighted by Gasteiger charge is -2.02. The van der Waals surface area contributed by atoms with Gasteiger partial charge in [-0.1, -0.05) is 0 Å². The van der Waals surface area contributed by atoms with Gasteiger partial charge in [-0.3, -0.25) is 5.10 Å². The van der Waals surface area contributed by atoms with Crippen LogP contribution in [0.5, 0.6) is 0 Å². The number of rotatable bonds is 2. The van der Waals surface area contributed by atoms with Crippen molar-refractivity contribution in [3.63, 3.8) is 0 Å². The van der Waals surface area contributed by atoms with Crippen LogP contribution < -0.4 is 5.32 Å². The number of halogens is 1. The topological polar surface area (TPSA) is 79.6 Å². The highest BCUT2D eigenvalue weighted by molar-refractivity contribution is 5.92. The molecule has 104 valence electrons. The largest absolute Gasteiger partial charge is 0.454 e. The molecule has 0 aliphatic heterocycles. The third-order valence-electron chi connectivity index (χ3n) is 3.25. The van der Waals surface area contributed by atoms with E-state index in [0.29, 0.717) is 34.0 Å². The van der Waals surface area contributed by atoms with Gasteiger partial charge in [0.05, 0.1) is 11.6 Å². The Kier molecular flexibility index (Phi) is 2.41. The van der Waals surface area contributed by atoms with Gasteiger partial charge < -0.3 is 9.73 Å². The summed E-state index contributed by atoms with van der Waals surface area (Å²) in [7, 11) is 1.73. The van der Waals surface area contributed by atoms with E-state index in [4.69, 9.17) is 4.42 Å². The Morgan fingerprint density at radius 1 is 1.24 bits per heavy atom. The van der Waals surface area contributed by atoms with Crippen molar-refractivity contribution in [1.29, 1.82) is 0 Å². The Bertz CT molecular complexity index is 958. The lowest BCUT2D eigenvalue weighted by Crippen LogP contribution is -1.98. The van der Waals surface area contributed by atoms with E-state index in [1.54, 1.807) is 25.4 Å². The first-order valence-electron chi connectivity index (χ1n) is 6.33. The second kappa shape index (κ2) is 4.27. The standard InChI is InChI=1S/C14H10FN5O/c1-16-14-18-12(9-6-17-20-13(9)19-14)11-5-7-4-8(15)2-3-10(7)21-11/h2-6H,1H3,(H2,16,17,18,19,20). The molecule has 4 aromatic rings. The molecule has 0 saturated heterocycles. The van der Waals surface area contributed by atoms with Crippen molar-refractivity contribution in [2.75, 3.05) is 12.4 Å². The van der Waals surface area contributed by atoms with Gasteiger partial charge in [0, 0.05) is 12.4 Å². The van der Waals surface area contributed by atoms with Crippen molar-refractivity contribution >= 4 is 28.0 Å². The summed E-state index contributed by atoms with van der Waals surface area (Å²) in [5.41, 5.74) is 1.82. The highest BCUT2D eigenvalue weighted by atomic mass is 19.1. The Morgan fingerprint density at radius 3 is 3.00 bits per heavy atom. The maximum absolute atomic E-state index is 13.3. The van der Waals surface area contributed by atoms with Crippen molar-refractivity contribution in [2.45, 2.75) is 0 Å². The van der Waals surface area contributed by atoms with Crippen molar-refractivity contribution < 1.29 is 8.81 Å². The number of anilines is 1. The van der Waals surface area contributed by atoms with Crippen molar-refractivity contribution in [1.82, 2.24) is 20.2 Å². The molecule has 3 heterocycles. The van der Waals surface area contributed by atoms with Gasteiger partial charge >= 0.3 is 0 Å². The number of nitrogens with one attached hydrogen (secondary N) is 2. The van der Waals surface area contributed by atoms with E-state index in [1.807, 2.05) is 0 Å². The van der Waals surface area contributed by atoms with E-state index in [9.17, 15) is 4.39 Å². The summed E-state index contributed by atoms with van der Waals surface area (Å²) in [6.07, 6.45) is 1.64. The zero-order valence-corrected chi connectivity index (χ0v) is 11.0. The van der Waals surface area contributed by atoms with E-state index in [0.717, 1.165) is 5.39 Å². The lowest BCUT2D eigenvalue weighted by molar-refractivity contribution is 0.618. The van der Waals surface area contributed by atoms with Crippen LogP contribution in [0.25, 0.3) is 33.5 Å². The number of aromatic amines is 1. The van der Waals surface area contributed by atoms with Crippen LogP contribution in [0.2, 0.25) is 0 Å². The molecular weight excluding hydrogens is 273 g/mol. The molecule has 2 N–H and O–H groups in total. The molecule has 4 rings (SSSR count). The van der Waals surface area contributed by atoms with Gasteiger partial charge in [-0.25, -0.2) is 9.37 Å². The normalized spacial score (nSPS) is 11.3. The van der Waals surface area contributed by atoms with Crippen LogP contribution in [-0.2, 0) is 0 Å². The first kappa shape index (κ1) is 11.8. The molecule has 0 aliphatic rings. The zero-order valence-electron chi connectivity index (χ0n) is 11.0. The molecule has 21 heavy (non-hydrogen) atoms. The second-order valence-electron chi connectivity index (χ2n) is 4.57. The molecule has 0 unspecified atom stereocenters. The van der Waals surface area contributed by atoms with Gasteiger partial charge in [0.1, 0.15) is 17.1 Å². The molecule has 1 aromatic carbocycles. The van der Waals surface area contributed by atoms with Crippen LogP contribution in [0, 0.1) is 5.82 Å². The van der Waals surface area contributed by atoms with Crippen LogP contribution in [0.3, 0.4) is 0 Å². The number of benzene rings is 1. The lowest BCUT2D eigenvalue weighted by atomic mass is 10.2. The number of H-pyrrole nitrogens is 1. The molecule has 0 spiro atoms. The molecule has 0 fully saturated rings. The second-order valence-corrected chi connectivity index (χ2v) is 4.57. The van der Waals surface area contributed by atoms with Gasteiger partial charge in [-0.2, -0.15) is 10.1 Å². The third kappa shape index (κ3) is 1.82. The van der Waals surface area contributed by atoms with Crippen LogP contribution in [-0.4, -0.2) is 27.2 Å². The van der Waals surface area contributed by atoms with Crippen LogP contribution in [0.1, 0.15) is 0 Å². The average Bonchev–Trinajstić information content (AvgIpc) is 3.11. The highest BCUT2D eigenvalue weighted by Gasteiger charge is 2.15. The van der Waals surface area contributed by atoms with E-state index < -0.39 is 0 Å². The predicted molar refractivity (Wildman–Crippen MR) is 76.4 cm³/mol. The van der Waals surface area contributed by atoms with Crippen molar-refractivity contribution in [3.8, 4) is 11.5 Å². The molecule has 0 bridgehead atoms.